The van der Waals surface area contributed by atoms with Crippen molar-refractivity contribution in [2.45, 2.75) is 222 Å². The molecular formula is C57H84O22. The van der Waals surface area contributed by atoms with Crippen LogP contribution < -0.4 is 4.74 Å². The molecule has 5 aliphatic heterocycles. The molecule has 0 unspecified atom stereocenters. The number of phenolic OH excluding ortho intramolecular Hbond substituents is 1. The van der Waals surface area contributed by atoms with Crippen LogP contribution in [-0.2, 0) is 47.4 Å². The molecule has 27 atom stereocenters. The molecule has 0 radical (unpaired) electrons. The van der Waals surface area contributed by atoms with Crippen molar-refractivity contribution in [1.82, 2.24) is 0 Å². The van der Waals surface area contributed by atoms with Crippen LogP contribution >= 0.6 is 0 Å². The van der Waals surface area contributed by atoms with Gasteiger partial charge in [-0.2, -0.15) is 0 Å². The Morgan fingerprint density at radius 3 is 2.13 bits per heavy atom. The van der Waals surface area contributed by atoms with Crippen molar-refractivity contribution in [2.75, 3.05) is 26.9 Å². The monoisotopic (exact) mass is 1120 g/mol. The average Bonchev–Trinajstić information content (AvgIpc) is 1.64. The zero-order chi connectivity index (χ0) is 56.9. The van der Waals surface area contributed by atoms with Crippen LogP contribution in [0, 0.1) is 50.7 Å². The second kappa shape index (κ2) is 20.2. The highest BCUT2D eigenvalue weighted by Crippen LogP contribution is 2.89. The number of phenols is 1. The van der Waals surface area contributed by atoms with Gasteiger partial charge in [0.15, 0.2) is 30.4 Å². The fraction of sp³-hybridized carbons (Fsp3) is 0.842. The van der Waals surface area contributed by atoms with Crippen molar-refractivity contribution in [1.29, 1.82) is 0 Å². The number of aliphatic hydroxyl groups excluding tert-OH is 9. The molecule has 5 saturated heterocycles. The summed E-state index contributed by atoms with van der Waals surface area (Å²) in [5.74, 6) is -1.85. The van der Waals surface area contributed by atoms with Crippen LogP contribution in [0.25, 0.3) is 6.08 Å². The number of fused-ring (bicyclic) bond motifs is 5. The number of methoxy groups -OCH3 is 1. The normalized spacial score (nSPS) is 52.2. The van der Waals surface area contributed by atoms with E-state index in [2.05, 4.69) is 34.6 Å². The van der Waals surface area contributed by atoms with Crippen molar-refractivity contribution in [3.63, 3.8) is 0 Å². The highest BCUT2D eigenvalue weighted by molar-refractivity contribution is 5.87. The summed E-state index contributed by atoms with van der Waals surface area (Å²) in [5.41, 5.74) is -0.986. The maximum Gasteiger partial charge on any atom is 0.330 e. The molecule has 79 heavy (non-hydrogen) atoms. The van der Waals surface area contributed by atoms with Crippen LogP contribution in [0.4, 0.5) is 0 Å². The van der Waals surface area contributed by atoms with E-state index in [-0.39, 0.29) is 63.6 Å². The SMILES string of the molecule is COc1ccc(C=CC(=O)OC[C@H]2O[C@@H](O[C@H]3[C@H](O[C@H]4[C@H](O[C@H]5CC[C@]67C[C@]68CC[C@]6(C)[C@H]9[C@H](C)[C@H]%10OC(C)(C)[C@@H](O)[C@@]%10(O)O[C@H]9C[C@@]6(C)[C@@H]8CC[C@H]7C5(C)C)OC[C@@H](O)[C@@H]4O)O[C@H](CO)[C@@H](O)[C@@H]3O)[C@H](O)[C@@H](O)[C@@H]2O)cc1O. The molecule has 10 fully saturated rings. The number of benzene rings is 1. The number of esters is 1. The number of carbonyl (C=O) groups is 1. The lowest BCUT2D eigenvalue weighted by atomic mass is 9.41. The summed E-state index contributed by atoms with van der Waals surface area (Å²) < 4.78 is 60.7. The molecule has 1 aromatic rings. The minimum Gasteiger partial charge on any atom is -0.504 e. The van der Waals surface area contributed by atoms with E-state index in [4.69, 9.17) is 47.4 Å². The van der Waals surface area contributed by atoms with Gasteiger partial charge in [-0.15, -0.1) is 0 Å². The van der Waals surface area contributed by atoms with E-state index < -0.39 is 140 Å². The first-order chi connectivity index (χ1) is 37.1. The third-order valence-electron chi connectivity index (χ3n) is 22.2. The molecule has 2 spiro atoms. The van der Waals surface area contributed by atoms with Gasteiger partial charge in [0.05, 0.1) is 38.1 Å². The molecule has 5 aliphatic carbocycles. The molecule has 11 rings (SSSR count). The van der Waals surface area contributed by atoms with E-state index in [1.807, 2.05) is 0 Å². The van der Waals surface area contributed by atoms with Gasteiger partial charge in [0, 0.05) is 6.08 Å². The number of ether oxygens (including phenoxy) is 10. The fourth-order valence-electron chi connectivity index (χ4n) is 18.0. The number of aromatic hydroxyl groups is 1. The smallest absolute Gasteiger partial charge is 0.330 e. The van der Waals surface area contributed by atoms with Gasteiger partial charge in [-0.1, -0.05) is 40.7 Å². The minimum atomic E-state index is -1.99. The van der Waals surface area contributed by atoms with Gasteiger partial charge in [-0.05, 0) is 140 Å². The zero-order valence-corrected chi connectivity index (χ0v) is 46.3. The van der Waals surface area contributed by atoms with Crippen LogP contribution in [0.15, 0.2) is 24.3 Å². The number of rotatable bonds is 12. The summed E-state index contributed by atoms with van der Waals surface area (Å²) in [4.78, 5) is 12.7. The van der Waals surface area contributed by atoms with E-state index in [0.29, 0.717) is 17.9 Å². The van der Waals surface area contributed by atoms with Gasteiger partial charge in [-0.25, -0.2) is 4.79 Å². The van der Waals surface area contributed by atoms with Gasteiger partial charge in [-0.3, -0.25) is 0 Å². The Labute approximate surface area is 459 Å². The van der Waals surface area contributed by atoms with E-state index in [1.165, 1.54) is 25.3 Å². The quantitative estimate of drug-likeness (QED) is 0.0781. The van der Waals surface area contributed by atoms with Crippen molar-refractivity contribution < 1.29 is 108 Å². The lowest BCUT2D eigenvalue weighted by Crippen LogP contribution is -2.66. The molecule has 5 saturated carbocycles. The molecule has 10 aliphatic rings. The standard InChI is InChI=1S/C57H84O22/c1-25-37-30(78-57(69)46(25)79-52(4,5)50(57)68)20-54(7)34-13-12-33-51(2,3)35(15-16-55(33)24-56(34,55)18-17-53(37,54)6)75-48-44(38(62)28(60)22-72-48)77-49-45(42(66)39(63)31(21-58)73-49)76-47-43(67)41(65)40(64)32(74-47)23-71-36(61)14-10-26-9-11-29(70-8)27(59)19-26/h9-11,14,19,25,28,30-35,37-50,58-60,62-69H,12-13,15-18,20-24H2,1-8H3/t25-,28+,30-,31+,32+,33-,34-,35-,37-,38-,39+,40+,41-,42-,43+,44+,45+,46+,47-,48-,49-,50+,53+,54-,55+,56-,57-/m0/s1. The second-order valence-electron chi connectivity index (χ2n) is 26.6. The molecule has 5 heterocycles. The lowest BCUT2D eigenvalue weighted by molar-refractivity contribution is -0.392. The fourth-order valence-corrected chi connectivity index (χ4v) is 18.0. The van der Waals surface area contributed by atoms with E-state index in [0.717, 1.165) is 51.0 Å². The Balaban J connectivity index is 0.777. The molecule has 0 amide bonds. The Morgan fingerprint density at radius 2 is 1.42 bits per heavy atom. The third kappa shape index (κ3) is 8.81. The van der Waals surface area contributed by atoms with Crippen LogP contribution in [0.3, 0.4) is 0 Å². The van der Waals surface area contributed by atoms with Gasteiger partial charge >= 0.3 is 5.97 Å². The van der Waals surface area contributed by atoms with Crippen LogP contribution in [0.2, 0.25) is 0 Å². The number of aliphatic hydroxyl groups is 10. The first-order valence-electron chi connectivity index (χ1n) is 28.4. The third-order valence-corrected chi connectivity index (χ3v) is 22.2. The van der Waals surface area contributed by atoms with Gasteiger partial charge in [0.25, 0.3) is 0 Å². The molecular weight excluding hydrogens is 1040 g/mol. The number of hydrogen-bond acceptors (Lipinski definition) is 22. The molecule has 1 aromatic carbocycles. The van der Waals surface area contributed by atoms with Crippen LogP contribution in [-0.4, -0.2) is 211 Å². The average molecular weight is 1120 g/mol. The Kier molecular flexibility index (Phi) is 14.9. The Morgan fingerprint density at radius 1 is 0.747 bits per heavy atom. The summed E-state index contributed by atoms with van der Waals surface area (Å²) in [6, 6.07) is 4.43. The van der Waals surface area contributed by atoms with E-state index >= 15 is 0 Å². The molecule has 444 valence electrons. The molecule has 22 nitrogen and oxygen atoms in total. The zero-order valence-electron chi connectivity index (χ0n) is 46.3. The maximum absolute atomic E-state index is 12.7. The lowest BCUT2D eigenvalue weighted by Gasteiger charge is -2.63. The molecule has 11 N–H and O–H groups in total. The summed E-state index contributed by atoms with van der Waals surface area (Å²) in [5, 5.41) is 122. The Hall–Kier alpha value is -2.69. The summed E-state index contributed by atoms with van der Waals surface area (Å²) >= 11 is 0. The van der Waals surface area contributed by atoms with Gasteiger partial charge < -0.3 is 104 Å². The Bertz CT molecular complexity index is 2460. The van der Waals surface area contributed by atoms with Crippen molar-refractivity contribution in [3.8, 4) is 11.5 Å². The molecule has 0 bridgehead atoms. The highest BCUT2D eigenvalue weighted by Gasteiger charge is 2.84. The first-order valence-corrected chi connectivity index (χ1v) is 28.4. The highest BCUT2D eigenvalue weighted by atomic mass is 16.8. The van der Waals surface area contributed by atoms with Gasteiger partial charge in [0.1, 0.15) is 86.0 Å². The second-order valence-corrected chi connectivity index (χ2v) is 26.6. The minimum absolute atomic E-state index is 0.0389. The van der Waals surface area contributed by atoms with E-state index in [9.17, 15) is 61.0 Å². The topological polar surface area (TPSA) is 332 Å². The summed E-state index contributed by atoms with van der Waals surface area (Å²) in [7, 11) is 1.39. The molecule has 0 aromatic heterocycles. The van der Waals surface area contributed by atoms with Crippen molar-refractivity contribution in [3.05, 3.63) is 29.8 Å². The molecule has 22 heteroatoms. The number of carbonyl (C=O) groups excluding carboxylic acids is 1. The number of hydrogen-bond donors (Lipinski definition) is 11. The van der Waals surface area contributed by atoms with Crippen molar-refractivity contribution in [2.24, 2.45) is 50.7 Å². The maximum atomic E-state index is 12.7. The van der Waals surface area contributed by atoms with Crippen molar-refractivity contribution >= 4 is 12.0 Å². The largest absolute Gasteiger partial charge is 0.504 e. The van der Waals surface area contributed by atoms with Crippen LogP contribution in [0.5, 0.6) is 11.5 Å². The summed E-state index contributed by atoms with van der Waals surface area (Å²) in [6.07, 6.45) is -16.6. The van der Waals surface area contributed by atoms with Gasteiger partial charge in [0.2, 0.25) is 5.79 Å². The predicted octanol–water partition coefficient (Wildman–Crippen LogP) is 0.748. The van der Waals surface area contributed by atoms with E-state index in [1.54, 1.807) is 19.9 Å². The van der Waals surface area contributed by atoms with Crippen LogP contribution in [0.1, 0.15) is 105 Å². The first kappa shape index (κ1) is 58.1. The summed E-state index contributed by atoms with van der Waals surface area (Å²) in [6.45, 7) is 13.3. The predicted molar refractivity (Wildman–Crippen MR) is 272 cm³/mol.